The predicted octanol–water partition coefficient (Wildman–Crippen LogP) is 3.47. The van der Waals surface area contributed by atoms with Gasteiger partial charge in [-0.25, -0.2) is 0 Å². The summed E-state index contributed by atoms with van der Waals surface area (Å²) in [5, 5.41) is 4.07. The summed E-state index contributed by atoms with van der Waals surface area (Å²) in [4.78, 5) is 16.3. The van der Waals surface area contributed by atoms with Crippen molar-refractivity contribution < 1.29 is 4.79 Å². The van der Waals surface area contributed by atoms with Crippen LogP contribution in [0.3, 0.4) is 0 Å². The van der Waals surface area contributed by atoms with Gasteiger partial charge in [-0.3, -0.25) is 9.78 Å². The first kappa shape index (κ1) is 14.5. The molecule has 0 saturated heterocycles. The Kier molecular flexibility index (Phi) is 5.54. The van der Waals surface area contributed by atoms with Gasteiger partial charge in [-0.2, -0.15) is 0 Å². The number of nitrogens with zero attached hydrogens (tertiary/aromatic N) is 1. The van der Waals surface area contributed by atoms with Crippen molar-refractivity contribution in [3.63, 3.8) is 0 Å². The quantitative estimate of drug-likeness (QED) is 0.783. The molecule has 1 aromatic heterocycles. The fraction of sp³-hybridized carbons (Fsp3) is 0.412. The number of nitrogens with one attached hydrogen (secondary N) is 1. The largest absolute Gasteiger partial charge is 0.356 e. The third-order valence-electron chi connectivity index (χ3n) is 3.42. The molecule has 0 aliphatic carbocycles. The zero-order valence-corrected chi connectivity index (χ0v) is 12.1. The summed E-state index contributed by atoms with van der Waals surface area (Å²) >= 11 is 0. The lowest BCUT2D eigenvalue weighted by Gasteiger charge is -2.07. The van der Waals surface area contributed by atoms with Gasteiger partial charge in [0.15, 0.2) is 0 Å². The fourth-order valence-electron chi connectivity index (χ4n) is 2.33. The molecule has 1 heterocycles. The molecule has 2 rings (SSSR count). The minimum atomic E-state index is 0.0830. The number of carbonyl (C=O) groups is 1. The van der Waals surface area contributed by atoms with E-state index in [4.69, 9.17) is 0 Å². The van der Waals surface area contributed by atoms with E-state index in [-0.39, 0.29) is 5.91 Å². The van der Waals surface area contributed by atoms with Crippen LogP contribution in [0.1, 0.15) is 38.2 Å². The van der Waals surface area contributed by atoms with Crippen molar-refractivity contribution in [1.82, 2.24) is 10.3 Å². The molecule has 0 atom stereocenters. The van der Waals surface area contributed by atoms with Crippen molar-refractivity contribution in [2.24, 2.45) is 0 Å². The Morgan fingerprint density at radius 2 is 2.00 bits per heavy atom. The van der Waals surface area contributed by atoms with Crippen LogP contribution in [-0.4, -0.2) is 17.4 Å². The van der Waals surface area contributed by atoms with E-state index in [9.17, 15) is 4.79 Å². The molecule has 106 valence electrons. The maximum Gasteiger partial charge on any atom is 0.224 e. The summed E-state index contributed by atoms with van der Waals surface area (Å²) < 4.78 is 0. The van der Waals surface area contributed by atoms with Crippen molar-refractivity contribution in [3.05, 3.63) is 42.1 Å². The van der Waals surface area contributed by atoms with Gasteiger partial charge in [0.1, 0.15) is 0 Å². The highest BCUT2D eigenvalue weighted by Crippen LogP contribution is 2.16. The molecule has 0 spiro atoms. The van der Waals surface area contributed by atoms with Gasteiger partial charge in [0.2, 0.25) is 5.91 Å². The molecule has 0 bridgehead atoms. The average molecular weight is 270 g/mol. The van der Waals surface area contributed by atoms with Gasteiger partial charge >= 0.3 is 0 Å². The molecule has 3 heteroatoms. The van der Waals surface area contributed by atoms with E-state index in [1.54, 1.807) is 6.20 Å². The Bertz CT molecular complexity index is 560. The molecule has 0 saturated carbocycles. The third-order valence-corrected chi connectivity index (χ3v) is 3.42. The van der Waals surface area contributed by atoms with Crippen LogP contribution in [0.4, 0.5) is 0 Å². The second kappa shape index (κ2) is 7.63. The van der Waals surface area contributed by atoms with Gasteiger partial charge in [-0.05, 0) is 18.1 Å². The number of amides is 1. The normalized spacial score (nSPS) is 10.7. The lowest BCUT2D eigenvalue weighted by Crippen LogP contribution is -2.26. The van der Waals surface area contributed by atoms with Crippen LogP contribution >= 0.6 is 0 Å². The van der Waals surface area contributed by atoms with Crippen molar-refractivity contribution >= 4 is 16.8 Å². The highest BCUT2D eigenvalue weighted by Gasteiger charge is 2.07. The number of hydrogen-bond acceptors (Lipinski definition) is 2. The van der Waals surface area contributed by atoms with E-state index < -0.39 is 0 Å². The molecule has 3 nitrogen and oxygen atoms in total. The molecule has 0 unspecified atom stereocenters. The van der Waals surface area contributed by atoms with Crippen LogP contribution in [0.2, 0.25) is 0 Å². The van der Waals surface area contributed by atoms with Gasteiger partial charge in [-0.15, -0.1) is 0 Å². The van der Waals surface area contributed by atoms with E-state index in [1.807, 2.05) is 30.3 Å². The molecule has 20 heavy (non-hydrogen) atoms. The van der Waals surface area contributed by atoms with Crippen molar-refractivity contribution in [3.8, 4) is 0 Å². The zero-order chi connectivity index (χ0) is 14.2. The number of para-hydroxylation sites is 1. The number of aromatic nitrogens is 1. The number of pyridine rings is 1. The molecule has 1 amide bonds. The lowest BCUT2D eigenvalue weighted by atomic mass is 10.1. The molecular formula is C17H22N2O. The van der Waals surface area contributed by atoms with Gasteiger partial charge < -0.3 is 5.32 Å². The molecule has 2 aromatic rings. The molecule has 0 radical (unpaired) electrons. The maximum atomic E-state index is 11.9. The Labute approximate surface area is 120 Å². The summed E-state index contributed by atoms with van der Waals surface area (Å²) in [6.07, 6.45) is 6.88. The summed E-state index contributed by atoms with van der Waals surface area (Å²) in [5.41, 5.74) is 1.92. The maximum absolute atomic E-state index is 11.9. The van der Waals surface area contributed by atoms with E-state index in [0.717, 1.165) is 29.4 Å². The zero-order valence-electron chi connectivity index (χ0n) is 12.1. The number of fused-ring (bicyclic) bond motifs is 1. The molecule has 1 N–H and O–H groups in total. The number of hydrogen-bond donors (Lipinski definition) is 1. The minimum Gasteiger partial charge on any atom is -0.356 e. The van der Waals surface area contributed by atoms with Crippen LogP contribution in [0, 0.1) is 0 Å². The standard InChI is InChI=1S/C17H22N2O/c1-2-3-4-5-11-18-16(20)13-15-9-6-8-14-10-7-12-19-17(14)15/h6-10,12H,2-5,11,13H2,1H3,(H,18,20). The Balaban J connectivity index is 1.90. The predicted molar refractivity (Wildman–Crippen MR) is 82.6 cm³/mol. The van der Waals surface area contributed by atoms with Gasteiger partial charge in [0.05, 0.1) is 11.9 Å². The topological polar surface area (TPSA) is 42.0 Å². The Morgan fingerprint density at radius 3 is 2.85 bits per heavy atom. The van der Waals surface area contributed by atoms with Crippen LogP contribution in [0.15, 0.2) is 36.5 Å². The van der Waals surface area contributed by atoms with Crippen LogP contribution in [-0.2, 0) is 11.2 Å². The molecule has 1 aromatic carbocycles. The van der Waals surface area contributed by atoms with Gasteiger partial charge in [0, 0.05) is 18.1 Å². The number of benzene rings is 1. The summed E-state index contributed by atoms with van der Waals surface area (Å²) in [6.45, 7) is 2.96. The van der Waals surface area contributed by atoms with Gasteiger partial charge in [0.25, 0.3) is 0 Å². The van der Waals surface area contributed by atoms with E-state index in [0.29, 0.717) is 6.42 Å². The van der Waals surface area contributed by atoms with E-state index in [1.165, 1.54) is 19.3 Å². The van der Waals surface area contributed by atoms with Gasteiger partial charge in [-0.1, -0.05) is 50.5 Å². The smallest absolute Gasteiger partial charge is 0.224 e. The van der Waals surface area contributed by atoms with Crippen molar-refractivity contribution in [2.75, 3.05) is 6.54 Å². The monoisotopic (exact) mass is 270 g/mol. The number of carbonyl (C=O) groups excluding carboxylic acids is 1. The van der Waals surface area contributed by atoms with E-state index in [2.05, 4.69) is 17.2 Å². The first-order chi connectivity index (χ1) is 9.81. The van der Waals surface area contributed by atoms with Crippen LogP contribution < -0.4 is 5.32 Å². The molecule has 0 aliphatic heterocycles. The van der Waals surface area contributed by atoms with Crippen LogP contribution in [0.5, 0.6) is 0 Å². The Hall–Kier alpha value is -1.90. The SMILES string of the molecule is CCCCCCNC(=O)Cc1cccc2cccnc12. The number of rotatable bonds is 7. The Morgan fingerprint density at radius 1 is 1.15 bits per heavy atom. The fourth-order valence-corrected chi connectivity index (χ4v) is 2.33. The first-order valence-corrected chi connectivity index (χ1v) is 7.40. The highest BCUT2D eigenvalue weighted by molar-refractivity contribution is 5.87. The molecule has 0 fully saturated rings. The van der Waals surface area contributed by atoms with Crippen molar-refractivity contribution in [2.45, 2.75) is 39.0 Å². The number of unbranched alkanes of at least 4 members (excludes halogenated alkanes) is 3. The summed E-state index contributed by atoms with van der Waals surface area (Å²) in [5.74, 6) is 0.0830. The van der Waals surface area contributed by atoms with E-state index >= 15 is 0 Å². The molecule has 0 aliphatic rings. The van der Waals surface area contributed by atoms with Crippen molar-refractivity contribution in [1.29, 1.82) is 0 Å². The summed E-state index contributed by atoms with van der Waals surface area (Å²) in [6, 6.07) is 9.92. The first-order valence-electron chi connectivity index (χ1n) is 7.40. The summed E-state index contributed by atoms with van der Waals surface area (Å²) in [7, 11) is 0. The second-order valence-corrected chi connectivity index (χ2v) is 5.08. The van der Waals surface area contributed by atoms with Crippen LogP contribution in [0.25, 0.3) is 10.9 Å². The highest BCUT2D eigenvalue weighted by atomic mass is 16.1. The second-order valence-electron chi connectivity index (χ2n) is 5.08. The average Bonchev–Trinajstić information content (AvgIpc) is 2.47. The third kappa shape index (κ3) is 4.05. The lowest BCUT2D eigenvalue weighted by molar-refractivity contribution is -0.120. The minimum absolute atomic E-state index is 0.0830. The molecular weight excluding hydrogens is 248 g/mol.